The monoisotopic (exact) mass is 928 g/mol. The minimum absolute atomic E-state index is 0.115. The van der Waals surface area contributed by atoms with Gasteiger partial charge in [0, 0.05) is 44.6 Å². The summed E-state index contributed by atoms with van der Waals surface area (Å²) in [6.45, 7) is 2.68. The number of nitrogens with zero attached hydrogens (tertiary/aromatic N) is 3. The van der Waals surface area contributed by atoms with E-state index in [1.54, 1.807) is 38.8 Å². The van der Waals surface area contributed by atoms with Crippen LogP contribution in [-0.2, 0) is 0 Å². The molecule has 4 fully saturated rings. The first-order valence-corrected chi connectivity index (χ1v) is 28.8. The molecule has 0 spiro atoms. The third-order valence-electron chi connectivity index (χ3n) is 19.7. The molecule has 0 N–H and O–H groups in total. The smallest absolute Gasteiger partial charge is 0.252 e. The molecule has 0 radical (unpaired) electrons. The van der Waals surface area contributed by atoms with Crippen molar-refractivity contribution in [2.45, 2.75) is 159 Å². The molecule has 2 atom stereocenters. The fourth-order valence-electron chi connectivity index (χ4n) is 16.4. The van der Waals surface area contributed by atoms with Crippen LogP contribution in [0.15, 0.2) is 133 Å². The molecule has 71 heavy (non-hydrogen) atoms. The van der Waals surface area contributed by atoms with Crippen LogP contribution in [0.2, 0.25) is 0 Å². The molecule has 0 amide bonds. The molecule has 3 nitrogen and oxygen atoms in total. The zero-order valence-corrected chi connectivity index (χ0v) is 42.1. The van der Waals surface area contributed by atoms with Crippen molar-refractivity contribution in [1.82, 2.24) is 4.57 Å². The van der Waals surface area contributed by atoms with E-state index in [4.69, 9.17) is 0 Å². The molecule has 7 aromatic rings. The minimum Gasteiger partial charge on any atom is -0.332 e. The predicted molar refractivity (Wildman–Crippen MR) is 302 cm³/mol. The minimum atomic E-state index is 0.115. The molecule has 5 aliphatic carbocycles. The van der Waals surface area contributed by atoms with Gasteiger partial charge < -0.3 is 14.4 Å². The van der Waals surface area contributed by atoms with Crippen LogP contribution in [0.25, 0.3) is 33.1 Å². The zero-order valence-electron chi connectivity index (χ0n) is 42.1. The normalized spacial score (nSPS) is 22.3. The lowest BCUT2D eigenvalue weighted by Gasteiger charge is -2.45. The van der Waals surface area contributed by atoms with E-state index in [0.29, 0.717) is 29.6 Å². The van der Waals surface area contributed by atoms with Gasteiger partial charge in [0.2, 0.25) is 0 Å². The van der Waals surface area contributed by atoms with Crippen LogP contribution in [0.1, 0.15) is 175 Å². The molecule has 3 aliphatic heterocycles. The number of allylic oxidation sites excluding steroid dienone is 2. The number of aromatic nitrogens is 1. The summed E-state index contributed by atoms with van der Waals surface area (Å²) in [4.78, 5) is 5.55. The van der Waals surface area contributed by atoms with E-state index in [1.165, 1.54) is 195 Å². The molecule has 4 heterocycles. The van der Waals surface area contributed by atoms with Crippen LogP contribution in [0.5, 0.6) is 0 Å². The second-order valence-corrected chi connectivity index (χ2v) is 23.7. The van der Waals surface area contributed by atoms with Crippen molar-refractivity contribution < 1.29 is 0 Å². The SMILES string of the molecule is CC1C=C(C2CCCCC2)C=C2c3cc(C4CCCCC4)cc4c3N(c3c(N(c5ccccc5)c5ccccc5)ccc5c3B4c3cc(C4CCCCC4)cc4c6cc(C7CCCCC7)ccc6n-5c34)C21. The van der Waals surface area contributed by atoms with Gasteiger partial charge in [0.25, 0.3) is 6.71 Å². The van der Waals surface area contributed by atoms with Crippen LogP contribution in [0.4, 0.5) is 28.4 Å². The van der Waals surface area contributed by atoms with Gasteiger partial charge in [-0.25, -0.2) is 0 Å². The number of anilines is 5. The van der Waals surface area contributed by atoms with Crippen LogP contribution < -0.4 is 26.2 Å². The third kappa shape index (κ3) is 6.74. The Kier molecular flexibility index (Phi) is 10.4. The van der Waals surface area contributed by atoms with E-state index in [1.807, 2.05) is 0 Å². The van der Waals surface area contributed by atoms with Gasteiger partial charge in [0.1, 0.15) is 0 Å². The topological polar surface area (TPSA) is 11.4 Å². The number of para-hydroxylation sites is 2. The second kappa shape index (κ2) is 17.2. The largest absolute Gasteiger partial charge is 0.332 e. The molecule has 0 saturated heterocycles. The number of hydrogen-bond donors (Lipinski definition) is 0. The lowest BCUT2D eigenvalue weighted by atomic mass is 9.33. The van der Waals surface area contributed by atoms with Gasteiger partial charge in [-0.1, -0.05) is 151 Å². The summed E-state index contributed by atoms with van der Waals surface area (Å²) < 4.78 is 2.78. The van der Waals surface area contributed by atoms with Crippen LogP contribution >= 0.6 is 0 Å². The first kappa shape index (κ1) is 42.9. The Balaban J connectivity index is 1.06. The maximum absolute atomic E-state index is 2.95. The van der Waals surface area contributed by atoms with E-state index in [9.17, 15) is 0 Å². The van der Waals surface area contributed by atoms with Crippen LogP contribution in [-0.4, -0.2) is 17.3 Å². The maximum atomic E-state index is 2.95. The van der Waals surface area contributed by atoms with Crippen LogP contribution in [0.3, 0.4) is 0 Å². The third-order valence-corrected chi connectivity index (χ3v) is 19.7. The first-order chi connectivity index (χ1) is 35.2. The molecule has 6 aromatic carbocycles. The fourth-order valence-corrected chi connectivity index (χ4v) is 16.4. The van der Waals surface area contributed by atoms with Gasteiger partial charge in [0.05, 0.1) is 22.9 Å². The molecule has 4 heteroatoms. The summed E-state index contributed by atoms with van der Waals surface area (Å²) in [5, 5.41) is 2.97. The molecule has 4 saturated carbocycles. The Morgan fingerprint density at radius 2 is 1.07 bits per heavy atom. The van der Waals surface area contributed by atoms with Crippen molar-refractivity contribution in [1.29, 1.82) is 0 Å². The zero-order chi connectivity index (χ0) is 46.7. The highest BCUT2D eigenvalue weighted by Gasteiger charge is 2.52. The lowest BCUT2D eigenvalue weighted by molar-refractivity contribution is 0.404. The van der Waals surface area contributed by atoms with Crippen molar-refractivity contribution in [3.05, 3.63) is 155 Å². The number of rotatable bonds is 7. The van der Waals surface area contributed by atoms with Gasteiger partial charge in [-0.15, -0.1) is 0 Å². The molecule has 0 bridgehead atoms. The van der Waals surface area contributed by atoms with Crippen molar-refractivity contribution in [2.24, 2.45) is 11.8 Å². The van der Waals surface area contributed by atoms with Crippen molar-refractivity contribution in [3.8, 4) is 5.69 Å². The number of benzene rings is 6. The van der Waals surface area contributed by atoms with Gasteiger partial charge in [-0.3, -0.25) is 0 Å². The van der Waals surface area contributed by atoms with Gasteiger partial charge >= 0.3 is 0 Å². The number of hydrogen-bond acceptors (Lipinski definition) is 2. The van der Waals surface area contributed by atoms with E-state index in [-0.39, 0.29) is 12.8 Å². The predicted octanol–water partition coefficient (Wildman–Crippen LogP) is 16.6. The van der Waals surface area contributed by atoms with Gasteiger partial charge in [0.15, 0.2) is 0 Å². The molecule has 1 aromatic heterocycles. The van der Waals surface area contributed by atoms with E-state index < -0.39 is 0 Å². The van der Waals surface area contributed by atoms with E-state index in [2.05, 4.69) is 149 Å². The molecule has 2 unspecified atom stereocenters. The fraction of sp³-hybridized carbons (Fsp3) is 0.403. The highest BCUT2D eigenvalue weighted by atomic mass is 15.3. The second-order valence-electron chi connectivity index (χ2n) is 23.7. The average molecular weight is 928 g/mol. The van der Waals surface area contributed by atoms with E-state index in [0.717, 1.165) is 0 Å². The highest BCUT2D eigenvalue weighted by Crippen LogP contribution is 2.57. The Labute approximate surface area is 423 Å². The maximum Gasteiger partial charge on any atom is 0.252 e. The van der Waals surface area contributed by atoms with Crippen LogP contribution in [0, 0.1) is 11.8 Å². The van der Waals surface area contributed by atoms with E-state index >= 15 is 0 Å². The van der Waals surface area contributed by atoms with Crippen molar-refractivity contribution >= 4 is 78.9 Å². The van der Waals surface area contributed by atoms with Crippen molar-refractivity contribution in [3.63, 3.8) is 0 Å². The molecule has 8 aliphatic rings. The van der Waals surface area contributed by atoms with Gasteiger partial charge in [-0.2, -0.15) is 0 Å². The Hall–Kier alpha value is -5.74. The standard InChI is InChI=1S/C67H70BN3/c1-43-36-49(45-22-10-3-11-23-45)38-56-57-40-51(47-26-14-5-15-27-47)42-59-66(57)71(64(43)56)67-62(69(52-28-16-6-17-29-52)53-30-18-7-19-31-53)35-34-61-63(67)68(59)58-41-50(46-24-12-4-13-25-46)39-55-54-37-48(44-20-8-2-9-21-44)32-33-60(54)70(61)65(55)58/h6-7,16-19,28-47,64H,2-5,8-15,20-27H2,1H3. The average Bonchev–Trinajstić information content (AvgIpc) is 3.96. The summed E-state index contributed by atoms with van der Waals surface area (Å²) in [6.07, 6.45) is 32.4. The quantitative estimate of drug-likeness (QED) is 0.148. The summed E-state index contributed by atoms with van der Waals surface area (Å²) in [7, 11) is 0. The molecular weight excluding hydrogens is 858 g/mol. The first-order valence-electron chi connectivity index (χ1n) is 28.8. The van der Waals surface area contributed by atoms with Gasteiger partial charge in [-0.05, 0) is 186 Å². The number of fused-ring (bicyclic) bond motifs is 10. The summed E-state index contributed by atoms with van der Waals surface area (Å²) >= 11 is 0. The summed E-state index contributed by atoms with van der Waals surface area (Å²) in [5.41, 5.74) is 25.0. The molecule has 15 rings (SSSR count). The molecular formula is C67H70BN3. The summed E-state index contributed by atoms with van der Waals surface area (Å²) in [6, 6.07) is 46.7. The van der Waals surface area contributed by atoms with Crippen molar-refractivity contribution in [2.75, 3.05) is 9.80 Å². The Morgan fingerprint density at radius 1 is 0.507 bits per heavy atom. The Bertz CT molecular complexity index is 3240. The molecule has 356 valence electrons. The lowest BCUT2D eigenvalue weighted by Crippen LogP contribution is -2.62. The highest BCUT2D eigenvalue weighted by molar-refractivity contribution is 7.00. The Morgan fingerprint density at radius 3 is 1.70 bits per heavy atom. The summed E-state index contributed by atoms with van der Waals surface area (Å²) in [5.74, 6) is 2.93.